The van der Waals surface area contributed by atoms with E-state index in [1.165, 1.54) is 0 Å². The van der Waals surface area contributed by atoms with Gasteiger partial charge in [0.25, 0.3) is 0 Å². The summed E-state index contributed by atoms with van der Waals surface area (Å²) in [6.45, 7) is 4.87. The van der Waals surface area contributed by atoms with Crippen LogP contribution >= 0.6 is 23.2 Å². The normalized spacial score (nSPS) is 14.8. The van der Waals surface area contributed by atoms with Crippen LogP contribution in [0.5, 0.6) is 0 Å². The molecule has 90 valence electrons. The molecule has 0 fully saturated rings. The quantitative estimate of drug-likeness (QED) is 0.854. The van der Waals surface area contributed by atoms with Gasteiger partial charge in [0.2, 0.25) is 0 Å². The molecule has 1 aromatic carbocycles. The van der Waals surface area contributed by atoms with Crippen LogP contribution in [0.1, 0.15) is 19.4 Å². The first-order chi connectivity index (χ1) is 7.54. The lowest BCUT2D eigenvalue weighted by atomic mass is 10.0. The van der Waals surface area contributed by atoms with E-state index in [9.17, 15) is 0 Å². The smallest absolute Gasteiger partial charge is 0.0471 e. The third-order valence-electron chi connectivity index (χ3n) is 2.76. The Labute approximate surface area is 107 Å². The minimum Gasteiger partial charge on any atom is -0.396 e. The molecule has 0 aliphatic heterocycles. The van der Waals surface area contributed by atoms with Crippen LogP contribution in [0.3, 0.4) is 0 Å². The van der Waals surface area contributed by atoms with Crippen LogP contribution in [0.25, 0.3) is 0 Å². The number of hydrogen-bond acceptors (Lipinski definition) is 2. The summed E-state index contributed by atoms with van der Waals surface area (Å²) >= 11 is 11.9. The minimum absolute atomic E-state index is 0.178. The first-order valence-electron chi connectivity index (χ1n) is 5.32. The zero-order valence-electron chi connectivity index (χ0n) is 9.50. The van der Waals surface area contributed by atoms with Gasteiger partial charge in [0.15, 0.2) is 0 Å². The summed E-state index contributed by atoms with van der Waals surface area (Å²) < 4.78 is 0. The highest BCUT2D eigenvalue weighted by Gasteiger charge is 2.11. The minimum atomic E-state index is 0.178. The van der Waals surface area contributed by atoms with Crippen molar-refractivity contribution in [1.82, 2.24) is 5.32 Å². The Hall–Kier alpha value is -0.280. The first kappa shape index (κ1) is 13.8. The van der Waals surface area contributed by atoms with Crippen molar-refractivity contribution in [3.63, 3.8) is 0 Å². The van der Waals surface area contributed by atoms with E-state index in [0.29, 0.717) is 16.6 Å². The molecule has 0 saturated heterocycles. The van der Waals surface area contributed by atoms with Gasteiger partial charge >= 0.3 is 0 Å². The summed E-state index contributed by atoms with van der Waals surface area (Å²) in [5, 5.41) is 13.7. The molecular weight excluding hydrogens is 245 g/mol. The number of rotatable bonds is 5. The lowest BCUT2D eigenvalue weighted by molar-refractivity contribution is 0.207. The summed E-state index contributed by atoms with van der Waals surface area (Å²) in [5.41, 5.74) is 0.978. The third-order valence-corrected chi connectivity index (χ3v) is 3.37. The van der Waals surface area contributed by atoms with Crippen LogP contribution in [0.15, 0.2) is 18.2 Å². The van der Waals surface area contributed by atoms with Crippen molar-refractivity contribution in [2.24, 2.45) is 5.92 Å². The van der Waals surface area contributed by atoms with Crippen LogP contribution in [-0.2, 0) is 6.54 Å². The molecule has 1 aromatic rings. The van der Waals surface area contributed by atoms with E-state index in [2.05, 4.69) is 5.32 Å². The van der Waals surface area contributed by atoms with E-state index in [4.69, 9.17) is 28.3 Å². The number of aliphatic hydroxyl groups is 1. The highest BCUT2D eigenvalue weighted by atomic mass is 35.5. The van der Waals surface area contributed by atoms with E-state index in [1.807, 2.05) is 19.9 Å². The lowest BCUT2D eigenvalue weighted by Gasteiger charge is -2.19. The van der Waals surface area contributed by atoms with E-state index in [-0.39, 0.29) is 18.6 Å². The third kappa shape index (κ3) is 3.95. The second kappa shape index (κ2) is 6.45. The second-order valence-electron chi connectivity index (χ2n) is 4.07. The molecule has 4 heteroatoms. The van der Waals surface area contributed by atoms with Crippen LogP contribution in [0.2, 0.25) is 10.0 Å². The fraction of sp³-hybridized carbons (Fsp3) is 0.500. The van der Waals surface area contributed by atoms with E-state index < -0.39 is 0 Å². The average Bonchev–Trinajstić information content (AvgIpc) is 2.28. The van der Waals surface area contributed by atoms with Crippen molar-refractivity contribution < 1.29 is 5.11 Å². The molecule has 2 nitrogen and oxygen atoms in total. The molecule has 0 bridgehead atoms. The van der Waals surface area contributed by atoms with Crippen molar-refractivity contribution in [2.75, 3.05) is 6.61 Å². The van der Waals surface area contributed by atoms with E-state index in [0.717, 1.165) is 5.56 Å². The van der Waals surface area contributed by atoms with Gasteiger partial charge < -0.3 is 10.4 Å². The summed E-state index contributed by atoms with van der Waals surface area (Å²) in [6.07, 6.45) is 0. The van der Waals surface area contributed by atoms with Gasteiger partial charge in [-0.1, -0.05) is 30.1 Å². The highest BCUT2D eigenvalue weighted by Crippen LogP contribution is 2.20. The Bertz CT molecular complexity index is 344. The number of aliphatic hydroxyl groups excluding tert-OH is 1. The number of nitrogens with one attached hydrogen (secondary N) is 1. The summed E-state index contributed by atoms with van der Waals surface area (Å²) in [5.74, 6) is 0.220. The number of benzene rings is 1. The largest absolute Gasteiger partial charge is 0.396 e. The molecule has 0 saturated carbocycles. The van der Waals surface area contributed by atoms with Gasteiger partial charge in [-0.15, -0.1) is 0 Å². The summed E-state index contributed by atoms with van der Waals surface area (Å²) in [4.78, 5) is 0. The monoisotopic (exact) mass is 261 g/mol. The standard InChI is InChI=1S/C12H17Cl2NO/c1-8(7-16)9(2)15-6-10-5-11(13)3-4-12(10)14/h3-5,8-9,15-16H,6-7H2,1-2H3. The molecular formula is C12H17Cl2NO. The number of hydrogen-bond donors (Lipinski definition) is 2. The van der Waals surface area contributed by atoms with Crippen LogP contribution in [-0.4, -0.2) is 17.8 Å². The van der Waals surface area contributed by atoms with Gasteiger partial charge in [-0.3, -0.25) is 0 Å². The Balaban J connectivity index is 2.57. The molecule has 0 aliphatic carbocycles. The van der Waals surface area contributed by atoms with Crippen molar-refractivity contribution >= 4 is 23.2 Å². The molecule has 2 atom stereocenters. The molecule has 0 amide bonds. The highest BCUT2D eigenvalue weighted by molar-refractivity contribution is 6.33. The molecule has 2 N–H and O–H groups in total. The molecule has 2 unspecified atom stereocenters. The van der Waals surface area contributed by atoms with Crippen LogP contribution in [0, 0.1) is 5.92 Å². The molecule has 0 heterocycles. The second-order valence-corrected chi connectivity index (χ2v) is 4.91. The Kier molecular flexibility index (Phi) is 5.56. The summed E-state index contributed by atoms with van der Waals surface area (Å²) in [6, 6.07) is 5.65. The van der Waals surface area contributed by atoms with Crippen molar-refractivity contribution in [1.29, 1.82) is 0 Å². The first-order valence-corrected chi connectivity index (χ1v) is 6.08. The van der Waals surface area contributed by atoms with Crippen LogP contribution in [0.4, 0.5) is 0 Å². The molecule has 0 aromatic heterocycles. The van der Waals surface area contributed by atoms with Crippen molar-refractivity contribution in [2.45, 2.75) is 26.4 Å². The Morgan fingerprint density at radius 1 is 1.31 bits per heavy atom. The maximum atomic E-state index is 9.01. The zero-order valence-corrected chi connectivity index (χ0v) is 11.0. The Morgan fingerprint density at radius 3 is 2.62 bits per heavy atom. The lowest BCUT2D eigenvalue weighted by Crippen LogP contribution is -2.33. The fourth-order valence-electron chi connectivity index (χ4n) is 1.31. The van der Waals surface area contributed by atoms with Gasteiger partial charge in [0, 0.05) is 29.2 Å². The van der Waals surface area contributed by atoms with E-state index in [1.54, 1.807) is 12.1 Å². The van der Waals surface area contributed by atoms with Crippen molar-refractivity contribution in [3.8, 4) is 0 Å². The van der Waals surface area contributed by atoms with Crippen LogP contribution < -0.4 is 5.32 Å². The van der Waals surface area contributed by atoms with Gasteiger partial charge in [-0.2, -0.15) is 0 Å². The van der Waals surface area contributed by atoms with Crippen molar-refractivity contribution in [3.05, 3.63) is 33.8 Å². The average molecular weight is 262 g/mol. The fourth-order valence-corrected chi connectivity index (χ4v) is 1.69. The maximum absolute atomic E-state index is 9.01. The molecule has 16 heavy (non-hydrogen) atoms. The molecule has 0 radical (unpaired) electrons. The van der Waals surface area contributed by atoms with Gasteiger partial charge in [0.05, 0.1) is 0 Å². The van der Waals surface area contributed by atoms with Gasteiger partial charge in [-0.25, -0.2) is 0 Å². The molecule has 1 rings (SSSR count). The SMILES string of the molecule is CC(CO)C(C)NCc1cc(Cl)ccc1Cl. The predicted molar refractivity (Wildman–Crippen MR) is 69.0 cm³/mol. The Morgan fingerprint density at radius 2 is 2.00 bits per heavy atom. The topological polar surface area (TPSA) is 32.3 Å². The maximum Gasteiger partial charge on any atom is 0.0471 e. The number of halogens is 2. The van der Waals surface area contributed by atoms with Gasteiger partial charge in [0.1, 0.15) is 0 Å². The summed E-state index contributed by atoms with van der Waals surface area (Å²) in [7, 11) is 0. The van der Waals surface area contributed by atoms with E-state index >= 15 is 0 Å². The van der Waals surface area contributed by atoms with Gasteiger partial charge in [-0.05, 0) is 36.6 Å². The predicted octanol–water partition coefficient (Wildman–Crippen LogP) is 3.10. The molecule has 0 spiro atoms. The molecule has 0 aliphatic rings. The zero-order chi connectivity index (χ0) is 12.1.